The molecule has 1 aromatic carbocycles. The Morgan fingerprint density at radius 3 is 2.67 bits per heavy atom. The Labute approximate surface area is 90.4 Å². The highest BCUT2D eigenvalue weighted by molar-refractivity contribution is 5.94. The first-order valence-electron chi connectivity index (χ1n) is 5.02. The molecule has 1 N–H and O–H groups in total. The molecule has 0 atom stereocenters. The van der Waals surface area contributed by atoms with Gasteiger partial charge in [-0.15, -0.1) is 0 Å². The van der Waals surface area contributed by atoms with E-state index < -0.39 is 0 Å². The third kappa shape index (κ3) is 4.13. The number of carbonyl (C=O) groups excluding carboxylic acids is 1. The molecule has 3 heteroatoms. The second-order valence-electron chi connectivity index (χ2n) is 3.15. The van der Waals surface area contributed by atoms with Crippen molar-refractivity contribution in [2.45, 2.75) is 6.92 Å². The lowest BCUT2D eigenvalue weighted by Crippen LogP contribution is -2.27. The summed E-state index contributed by atoms with van der Waals surface area (Å²) >= 11 is 0. The molecule has 1 radical (unpaired) electrons. The van der Waals surface area contributed by atoms with Gasteiger partial charge in [0.15, 0.2) is 0 Å². The Kier molecular flexibility index (Phi) is 4.84. The first-order valence-corrected chi connectivity index (χ1v) is 5.02. The van der Waals surface area contributed by atoms with Gasteiger partial charge in [0.25, 0.3) is 5.91 Å². The van der Waals surface area contributed by atoms with Crippen molar-refractivity contribution in [3.63, 3.8) is 0 Å². The largest absolute Gasteiger partial charge is 0.380 e. The van der Waals surface area contributed by atoms with Crippen LogP contribution in [0.15, 0.2) is 24.3 Å². The smallest absolute Gasteiger partial charge is 0.251 e. The zero-order chi connectivity index (χ0) is 11.1. The molecule has 0 aromatic heterocycles. The van der Waals surface area contributed by atoms with Crippen molar-refractivity contribution in [1.82, 2.24) is 5.32 Å². The molecule has 0 heterocycles. The number of hydrogen-bond donors (Lipinski definition) is 1. The van der Waals surface area contributed by atoms with Crippen molar-refractivity contribution < 1.29 is 9.53 Å². The molecule has 0 fully saturated rings. The Bertz CT molecular complexity index is 306. The summed E-state index contributed by atoms with van der Waals surface area (Å²) in [4.78, 5) is 11.5. The predicted molar refractivity (Wildman–Crippen MR) is 59.7 cm³/mol. The molecule has 0 bridgehead atoms. The zero-order valence-electron chi connectivity index (χ0n) is 8.95. The first-order chi connectivity index (χ1) is 7.24. The van der Waals surface area contributed by atoms with Crippen LogP contribution in [0.3, 0.4) is 0 Å². The van der Waals surface area contributed by atoms with Gasteiger partial charge in [0, 0.05) is 18.7 Å². The van der Waals surface area contributed by atoms with Crippen LogP contribution in [0.25, 0.3) is 0 Å². The summed E-state index contributed by atoms with van der Waals surface area (Å²) in [6.07, 6.45) is 0. The normalized spacial score (nSPS) is 10.0. The number of rotatable bonds is 5. The lowest BCUT2D eigenvalue weighted by atomic mass is 10.1. The predicted octanol–water partition coefficient (Wildman–Crippen LogP) is 1.64. The van der Waals surface area contributed by atoms with E-state index in [-0.39, 0.29) is 5.91 Å². The maximum absolute atomic E-state index is 11.5. The average Bonchev–Trinajstić information content (AvgIpc) is 2.25. The van der Waals surface area contributed by atoms with Gasteiger partial charge in [-0.1, -0.05) is 12.1 Å². The van der Waals surface area contributed by atoms with Crippen LogP contribution in [0, 0.1) is 6.92 Å². The van der Waals surface area contributed by atoms with Gasteiger partial charge in [-0.25, -0.2) is 0 Å². The molecule has 0 unspecified atom stereocenters. The highest BCUT2D eigenvalue weighted by Crippen LogP contribution is 2.02. The van der Waals surface area contributed by atoms with Crippen LogP contribution >= 0.6 is 0 Å². The summed E-state index contributed by atoms with van der Waals surface area (Å²) in [5.41, 5.74) is 1.56. The Hall–Kier alpha value is -1.35. The molecule has 1 rings (SSSR count). The summed E-state index contributed by atoms with van der Waals surface area (Å²) in [5, 5.41) is 2.77. The minimum absolute atomic E-state index is 0.0743. The van der Waals surface area contributed by atoms with Gasteiger partial charge in [-0.05, 0) is 31.5 Å². The third-order valence-corrected chi connectivity index (χ3v) is 1.95. The van der Waals surface area contributed by atoms with Crippen LogP contribution in [0.2, 0.25) is 0 Å². The molecule has 0 saturated heterocycles. The Balaban J connectivity index is 2.37. The number of amides is 1. The molecule has 1 amide bonds. The monoisotopic (exact) mass is 206 g/mol. The summed E-state index contributed by atoms with van der Waals surface area (Å²) in [6.45, 7) is 7.45. The Morgan fingerprint density at radius 2 is 2.07 bits per heavy atom. The standard InChI is InChI=1S/C12H16NO2/c1-3-15-9-8-13-12(14)11-6-4-10(2)5-7-11/h4-7H,2-3,8-9H2,1H3,(H,13,14). The quantitative estimate of drug-likeness (QED) is 0.744. The van der Waals surface area contributed by atoms with Gasteiger partial charge in [0.1, 0.15) is 0 Å². The molecule has 0 aliphatic rings. The van der Waals surface area contributed by atoms with Gasteiger partial charge >= 0.3 is 0 Å². The highest BCUT2D eigenvalue weighted by atomic mass is 16.5. The van der Waals surface area contributed by atoms with E-state index in [0.717, 1.165) is 5.56 Å². The van der Waals surface area contributed by atoms with Gasteiger partial charge in [-0.2, -0.15) is 0 Å². The maximum Gasteiger partial charge on any atom is 0.251 e. The van der Waals surface area contributed by atoms with Crippen molar-refractivity contribution in [3.05, 3.63) is 42.3 Å². The lowest BCUT2D eigenvalue weighted by Gasteiger charge is -2.05. The third-order valence-electron chi connectivity index (χ3n) is 1.95. The number of ether oxygens (including phenoxy) is 1. The fourth-order valence-corrected chi connectivity index (χ4v) is 1.14. The van der Waals surface area contributed by atoms with Gasteiger partial charge in [0.2, 0.25) is 0 Å². The van der Waals surface area contributed by atoms with E-state index in [1.807, 2.05) is 19.1 Å². The van der Waals surface area contributed by atoms with E-state index in [1.54, 1.807) is 12.1 Å². The fraction of sp³-hybridized carbons (Fsp3) is 0.333. The number of carbonyl (C=O) groups is 1. The molecular weight excluding hydrogens is 190 g/mol. The maximum atomic E-state index is 11.5. The van der Waals surface area contributed by atoms with Crippen LogP contribution in [0.5, 0.6) is 0 Å². The van der Waals surface area contributed by atoms with E-state index in [0.29, 0.717) is 25.3 Å². The van der Waals surface area contributed by atoms with Crippen LogP contribution in [0.4, 0.5) is 0 Å². The Morgan fingerprint density at radius 1 is 1.40 bits per heavy atom. The molecule has 0 spiro atoms. The van der Waals surface area contributed by atoms with Crippen molar-refractivity contribution >= 4 is 5.91 Å². The summed E-state index contributed by atoms with van der Waals surface area (Å²) in [6, 6.07) is 7.16. The summed E-state index contributed by atoms with van der Waals surface area (Å²) in [5.74, 6) is -0.0743. The van der Waals surface area contributed by atoms with Crippen molar-refractivity contribution in [2.24, 2.45) is 0 Å². The van der Waals surface area contributed by atoms with Gasteiger partial charge in [-0.3, -0.25) is 4.79 Å². The molecule has 0 aliphatic heterocycles. The molecule has 3 nitrogen and oxygen atoms in total. The summed E-state index contributed by atoms with van der Waals surface area (Å²) < 4.78 is 5.11. The van der Waals surface area contributed by atoms with Crippen molar-refractivity contribution in [3.8, 4) is 0 Å². The van der Waals surface area contributed by atoms with Crippen LogP contribution in [-0.2, 0) is 4.74 Å². The van der Waals surface area contributed by atoms with Crippen molar-refractivity contribution in [2.75, 3.05) is 19.8 Å². The number of hydrogen-bond acceptors (Lipinski definition) is 2. The lowest BCUT2D eigenvalue weighted by molar-refractivity contribution is 0.0922. The van der Waals surface area contributed by atoms with Crippen LogP contribution < -0.4 is 5.32 Å². The minimum Gasteiger partial charge on any atom is -0.380 e. The minimum atomic E-state index is -0.0743. The molecular formula is C12H16NO2. The second-order valence-corrected chi connectivity index (χ2v) is 3.15. The SMILES string of the molecule is [CH2]c1ccc(C(=O)NCCOCC)cc1. The molecule has 0 aliphatic carbocycles. The van der Waals surface area contributed by atoms with E-state index in [4.69, 9.17) is 4.74 Å². The van der Waals surface area contributed by atoms with E-state index in [1.165, 1.54) is 0 Å². The second kappa shape index (κ2) is 6.19. The van der Waals surface area contributed by atoms with E-state index >= 15 is 0 Å². The number of benzene rings is 1. The average molecular weight is 206 g/mol. The highest BCUT2D eigenvalue weighted by Gasteiger charge is 2.02. The molecule has 1 aromatic rings. The number of nitrogens with one attached hydrogen (secondary N) is 1. The van der Waals surface area contributed by atoms with E-state index in [9.17, 15) is 4.79 Å². The molecule has 81 valence electrons. The van der Waals surface area contributed by atoms with Crippen LogP contribution in [0.1, 0.15) is 22.8 Å². The fourth-order valence-electron chi connectivity index (χ4n) is 1.14. The topological polar surface area (TPSA) is 38.3 Å². The van der Waals surface area contributed by atoms with Crippen molar-refractivity contribution in [1.29, 1.82) is 0 Å². The molecule has 15 heavy (non-hydrogen) atoms. The van der Waals surface area contributed by atoms with Gasteiger partial charge < -0.3 is 10.1 Å². The zero-order valence-corrected chi connectivity index (χ0v) is 8.95. The summed E-state index contributed by atoms with van der Waals surface area (Å²) in [7, 11) is 0. The van der Waals surface area contributed by atoms with E-state index in [2.05, 4.69) is 12.2 Å². The molecule has 0 saturated carbocycles. The first kappa shape index (κ1) is 11.7. The van der Waals surface area contributed by atoms with Crippen LogP contribution in [-0.4, -0.2) is 25.7 Å². The van der Waals surface area contributed by atoms with Gasteiger partial charge in [0.05, 0.1) is 6.61 Å².